The summed E-state index contributed by atoms with van der Waals surface area (Å²) in [5, 5.41) is 0. The van der Waals surface area contributed by atoms with Gasteiger partial charge in [0.2, 0.25) is 0 Å². The molecule has 70 heavy (non-hydrogen) atoms. The third kappa shape index (κ3) is 47.5. The van der Waals surface area contributed by atoms with Gasteiger partial charge in [-0.25, -0.2) is 0 Å². The second-order valence-electron chi connectivity index (χ2n) is 22.2. The molecule has 0 unspecified atom stereocenters. The number of hydrogen-bond donors (Lipinski definition) is 0. The summed E-state index contributed by atoms with van der Waals surface area (Å²) in [7, 11) is -9.63. The molecule has 0 saturated carbocycles. The molecular weight excluding hydrogens is 937 g/mol. The Balaban J connectivity index is 6.70. The van der Waals surface area contributed by atoms with Gasteiger partial charge < -0.3 is 10.7 Å². The van der Waals surface area contributed by atoms with Gasteiger partial charge in [0, 0.05) is 37.0 Å². The Morgan fingerprint density at radius 1 is 0.200 bits per heavy atom. The predicted molar refractivity (Wildman–Crippen MR) is 317 cm³/mol. The Labute approximate surface area is 446 Å². The first-order valence-electron chi connectivity index (χ1n) is 31.9. The molecule has 0 fully saturated rings. The van der Waals surface area contributed by atoms with Gasteiger partial charge >= 0.3 is 15.1 Å². The Kier molecular flexibility index (Phi) is 54.3. The molecule has 0 atom stereocenters. The van der Waals surface area contributed by atoms with Crippen molar-refractivity contribution < 1.29 is 24.4 Å². The molecule has 0 aliphatic rings. The maximum absolute atomic E-state index is 15.4. The van der Waals surface area contributed by atoms with Crippen LogP contribution in [0.5, 0.6) is 0 Å². The zero-order valence-electron chi connectivity index (χ0n) is 48.6. The van der Waals surface area contributed by atoms with Crippen LogP contribution in [0.3, 0.4) is 0 Å². The molecule has 10 heteroatoms. The third-order valence-electron chi connectivity index (χ3n) is 14.9. The fourth-order valence-corrected chi connectivity index (χ4v) is 22.8. The number of rotatable bonds is 60. The fourth-order valence-electron chi connectivity index (χ4n) is 10.1. The number of unbranched alkanes of at least 4 members (excludes halogenated alkanes) is 42. The standard InChI is InChI=1S/3C20H43O2P.Al/c3*1-3-5-7-9-11-13-15-17-19-23(21,22)20-18-16-14-12-10-8-6-4-2;/h3*3-20H2,1-2H3,(H,21,22);/q;;;+3/p-3. The molecule has 0 bridgehead atoms. The highest BCUT2D eigenvalue weighted by Crippen LogP contribution is 2.58. The summed E-state index contributed by atoms with van der Waals surface area (Å²) in [4.78, 5) is 0. The quantitative estimate of drug-likeness (QED) is 0.0343. The lowest BCUT2D eigenvalue weighted by atomic mass is 10.1. The maximum Gasteiger partial charge on any atom is 0.921 e. The zero-order chi connectivity index (χ0) is 51.4. The third-order valence-corrected chi connectivity index (χ3v) is 27.6. The predicted octanol–water partition coefficient (Wildman–Crippen LogP) is 23.7. The molecular formula is C60H126AlO6P3. The van der Waals surface area contributed by atoms with Crippen molar-refractivity contribution in [2.75, 3.05) is 37.0 Å². The normalized spacial score (nSPS) is 12.4. The lowest BCUT2D eigenvalue weighted by Crippen LogP contribution is -2.27. The SMILES string of the molecule is CCCCCCCCCCP(=O)(CCCCCCCCCC)[O][Al]([O]P(=O)(CCCCCCCCCC)CCCCCCCCCC)[O]P(=O)(CCCCCCCCCC)CCCCCCCCCC. The monoisotopic (exact) mass is 1060 g/mol. The van der Waals surface area contributed by atoms with E-state index in [-0.39, 0.29) is 0 Å². The summed E-state index contributed by atoms with van der Waals surface area (Å²) >= 11 is -3.37. The minimum absolute atomic E-state index is 0.523. The molecule has 0 aromatic rings. The van der Waals surface area contributed by atoms with Crippen molar-refractivity contribution in [3.05, 3.63) is 0 Å². The van der Waals surface area contributed by atoms with Crippen LogP contribution in [-0.2, 0) is 24.4 Å². The van der Waals surface area contributed by atoms with Gasteiger partial charge in [-0.1, -0.05) is 311 Å². The topological polar surface area (TPSA) is 78.9 Å². The Morgan fingerprint density at radius 2 is 0.314 bits per heavy atom. The van der Waals surface area contributed by atoms with Gasteiger partial charge in [0.1, 0.15) is 0 Å². The van der Waals surface area contributed by atoms with Gasteiger partial charge in [-0.3, -0.25) is 13.7 Å². The van der Waals surface area contributed by atoms with E-state index in [1.807, 2.05) is 0 Å². The molecule has 0 aliphatic heterocycles. The lowest BCUT2D eigenvalue weighted by Gasteiger charge is -2.29. The average Bonchev–Trinajstić information content (AvgIpc) is 3.34. The largest absolute Gasteiger partial charge is 0.921 e. The highest BCUT2D eigenvalue weighted by atomic mass is 31.2. The molecule has 0 saturated heterocycles. The fraction of sp³-hybridized carbons (Fsp3) is 1.00. The minimum Gasteiger partial charge on any atom is -0.405 e. The second-order valence-corrected chi connectivity index (χ2v) is 32.9. The highest BCUT2D eigenvalue weighted by molar-refractivity contribution is 7.63. The van der Waals surface area contributed by atoms with Crippen LogP contribution in [0, 0.1) is 0 Å². The van der Waals surface area contributed by atoms with Crippen LogP contribution in [0.4, 0.5) is 0 Å². The average molecular weight is 1060 g/mol. The second kappa shape index (κ2) is 53.5. The van der Waals surface area contributed by atoms with Crippen LogP contribution >= 0.6 is 22.1 Å². The Morgan fingerprint density at radius 3 is 0.443 bits per heavy atom. The van der Waals surface area contributed by atoms with Crippen molar-refractivity contribution in [2.45, 2.75) is 350 Å². The smallest absolute Gasteiger partial charge is 0.405 e. The molecule has 0 aromatic heterocycles. The molecule has 0 aliphatic carbocycles. The van der Waals surface area contributed by atoms with Crippen molar-refractivity contribution in [2.24, 2.45) is 0 Å². The molecule has 420 valence electrons. The van der Waals surface area contributed by atoms with Crippen molar-refractivity contribution in [3.63, 3.8) is 0 Å². The Hall–Kier alpha value is 1.10. The van der Waals surface area contributed by atoms with Crippen LogP contribution in [-0.4, -0.2) is 52.1 Å². The van der Waals surface area contributed by atoms with Crippen LogP contribution in [0.15, 0.2) is 0 Å². The van der Waals surface area contributed by atoms with E-state index in [1.165, 1.54) is 193 Å². The Bertz CT molecular complexity index is 990. The van der Waals surface area contributed by atoms with Crippen LogP contribution < -0.4 is 0 Å². The van der Waals surface area contributed by atoms with Gasteiger partial charge in [-0.2, -0.15) is 0 Å². The van der Waals surface area contributed by atoms with Crippen LogP contribution in [0.1, 0.15) is 350 Å². The maximum atomic E-state index is 15.4. The molecule has 0 radical (unpaired) electrons. The van der Waals surface area contributed by atoms with E-state index in [2.05, 4.69) is 41.5 Å². The van der Waals surface area contributed by atoms with E-state index in [1.54, 1.807) is 0 Å². The lowest BCUT2D eigenvalue weighted by molar-refractivity contribution is 0.302. The van der Waals surface area contributed by atoms with Crippen LogP contribution in [0.2, 0.25) is 0 Å². The van der Waals surface area contributed by atoms with Crippen molar-refractivity contribution in [1.82, 2.24) is 0 Å². The molecule has 0 amide bonds. The van der Waals surface area contributed by atoms with E-state index in [4.69, 9.17) is 10.7 Å². The summed E-state index contributed by atoms with van der Waals surface area (Å²) in [6.07, 6.45) is 59.8. The first kappa shape index (κ1) is 71.1. The van der Waals surface area contributed by atoms with Crippen molar-refractivity contribution in [1.29, 1.82) is 0 Å². The first-order valence-corrected chi connectivity index (χ1v) is 39.3. The molecule has 0 spiro atoms. The molecule has 0 heterocycles. The van der Waals surface area contributed by atoms with Gasteiger partial charge in [0.25, 0.3) is 0 Å². The molecule has 0 N–H and O–H groups in total. The minimum atomic E-state index is -3.37. The van der Waals surface area contributed by atoms with Gasteiger partial charge in [-0.15, -0.1) is 0 Å². The van der Waals surface area contributed by atoms with E-state index in [0.717, 1.165) is 116 Å². The first-order chi connectivity index (χ1) is 34.1. The zero-order valence-corrected chi connectivity index (χ0v) is 52.4. The summed E-state index contributed by atoms with van der Waals surface area (Å²) in [6.45, 7) is 13.6. The summed E-state index contributed by atoms with van der Waals surface area (Å²) in [5.41, 5.74) is 0. The van der Waals surface area contributed by atoms with Gasteiger partial charge in [0.15, 0.2) is 22.1 Å². The summed E-state index contributed by atoms with van der Waals surface area (Å²) in [6, 6.07) is 0. The van der Waals surface area contributed by atoms with Crippen LogP contribution in [0.25, 0.3) is 0 Å². The van der Waals surface area contributed by atoms with Gasteiger partial charge in [0.05, 0.1) is 0 Å². The van der Waals surface area contributed by atoms with E-state index < -0.39 is 37.3 Å². The summed E-state index contributed by atoms with van der Waals surface area (Å²) < 4.78 is 67.3. The molecule has 6 nitrogen and oxygen atoms in total. The van der Waals surface area contributed by atoms with E-state index >= 15 is 13.7 Å². The van der Waals surface area contributed by atoms with Crippen molar-refractivity contribution >= 4 is 37.3 Å². The van der Waals surface area contributed by atoms with Gasteiger partial charge in [-0.05, 0) is 38.5 Å². The summed E-state index contributed by atoms with van der Waals surface area (Å²) in [5.74, 6) is 0. The van der Waals surface area contributed by atoms with Crippen molar-refractivity contribution in [3.8, 4) is 0 Å². The molecule has 0 rings (SSSR count). The number of hydrogen-bond acceptors (Lipinski definition) is 6. The van der Waals surface area contributed by atoms with E-state index in [9.17, 15) is 0 Å². The highest BCUT2D eigenvalue weighted by Gasteiger charge is 2.48. The molecule has 0 aromatic carbocycles. The van der Waals surface area contributed by atoms with E-state index in [0.29, 0.717) is 37.0 Å².